The number of fused-ring (bicyclic) bond motifs is 1. The third-order valence-electron chi connectivity index (χ3n) is 1.99. The van der Waals surface area contributed by atoms with Crippen LogP contribution in [0.25, 0.3) is 10.9 Å². The van der Waals surface area contributed by atoms with Crippen LogP contribution >= 0.6 is 38.5 Å². The van der Waals surface area contributed by atoms with E-state index in [1.54, 1.807) is 12.1 Å². The number of aromatic nitrogens is 2. The molecule has 1 heterocycles. The Morgan fingerprint density at radius 2 is 2.33 bits per heavy atom. The van der Waals surface area contributed by atoms with Crippen LogP contribution in [0.1, 0.15) is 10.4 Å². The van der Waals surface area contributed by atoms with Crippen LogP contribution in [-0.2, 0) is 4.74 Å². The third kappa shape index (κ3) is 1.87. The van der Waals surface area contributed by atoms with Gasteiger partial charge in [0, 0.05) is 8.96 Å². The highest BCUT2D eigenvalue weighted by Crippen LogP contribution is 2.27. The average molecular weight is 381 g/mol. The van der Waals surface area contributed by atoms with Gasteiger partial charge in [-0.1, -0.05) is 0 Å². The van der Waals surface area contributed by atoms with Gasteiger partial charge in [0.25, 0.3) is 0 Å². The molecule has 0 aliphatic carbocycles. The fraction of sp³-hybridized carbons (Fsp3) is 0.111. The molecule has 0 unspecified atom stereocenters. The lowest BCUT2D eigenvalue weighted by Gasteiger charge is -2.01. The smallest absolute Gasteiger partial charge is 0.337 e. The second-order valence-electron chi connectivity index (χ2n) is 2.89. The van der Waals surface area contributed by atoms with Gasteiger partial charge in [-0.3, -0.25) is 5.10 Å². The van der Waals surface area contributed by atoms with Crippen LogP contribution in [0.5, 0.6) is 0 Å². The highest BCUT2D eigenvalue weighted by molar-refractivity contribution is 14.1. The van der Waals surface area contributed by atoms with Crippen molar-refractivity contribution in [2.75, 3.05) is 7.11 Å². The maximum Gasteiger partial charge on any atom is 0.337 e. The van der Waals surface area contributed by atoms with Gasteiger partial charge in [-0.2, -0.15) is 5.10 Å². The van der Waals surface area contributed by atoms with E-state index in [-0.39, 0.29) is 5.97 Å². The Morgan fingerprint density at radius 1 is 1.60 bits per heavy atom. The zero-order valence-corrected chi connectivity index (χ0v) is 11.4. The number of ether oxygens (including phenoxy) is 1. The number of hydrogen-bond donors (Lipinski definition) is 1. The first-order chi connectivity index (χ1) is 7.13. The number of hydrogen-bond acceptors (Lipinski definition) is 3. The largest absolute Gasteiger partial charge is 0.465 e. The molecular formula is C9H6BrIN2O2. The molecule has 1 N–H and O–H groups in total. The van der Waals surface area contributed by atoms with Gasteiger partial charge < -0.3 is 4.74 Å². The number of nitrogens with zero attached hydrogens (tertiary/aromatic N) is 1. The SMILES string of the molecule is COC(=O)c1cc(I)c2c(Br)n[nH]c2c1. The first-order valence-corrected chi connectivity index (χ1v) is 5.92. The van der Waals surface area contributed by atoms with E-state index < -0.39 is 0 Å². The number of benzene rings is 1. The number of rotatable bonds is 1. The molecule has 1 aromatic carbocycles. The molecule has 6 heteroatoms. The molecule has 0 bridgehead atoms. The molecule has 0 amide bonds. The van der Waals surface area contributed by atoms with Crippen molar-refractivity contribution in [1.29, 1.82) is 0 Å². The molecule has 2 aromatic rings. The normalized spacial score (nSPS) is 10.6. The van der Waals surface area contributed by atoms with Gasteiger partial charge in [-0.15, -0.1) is 0 Å². The summed E-state index contributed by atoms with van der Waals surface area (Å²) in [6.07, 6.45) is 0. The maximum absolute atomic E-state index is 11.3. The van der Waals surface area contributed by atoms with Crippen LogP contribution in [0.15, 0.2) is 16.7 Å². The summed E-state index contributed by atoms with van der Waals surface area (Å²) >= 11 is 5.49. The highest BCUT2D eigenvalue weighted by atomic mass is 127. The Balaban J connectivity index is 2.68. The van der Waals surface area contributed by atoms with E-state index in [1.807, 2.05) is 0 Å². The molecule has 0 radical (unpaired) electrons. The zero-order valence-electron chi connectivity index (χ0n) is 7.67. The minimum absolute atomic E-state index is 0.347. The van der Waals surface area contributed by atoms with Crippen LogP contribution in [-0.4, -0.2) is 23.3 Å². The van der Waals surface area contributed by atoms with E-state index in [0.29, 0.717) is 5.56 Å². The molecule has 0 aliphatic rings. The molecule has 0 saturated carbocycles. The van der Waals surface area contributed by atoms with Crippen molar-refractivity contribution in [2.24, 2.45) is 0 Å². The molecule has 0 atom stereocenters. The third-order valence-corrected chi connectivity index (χ3v) is 3.42. The van der Waals surface area contributed by atoms with Gasteiger partial charge in [-0.05, 0) is 50.7 Å². The maximum atomic E-state index is 11.3. The van der Waals surface area contributed by atoms with E-state index in [4.69, 9.17) is 0 Å². The number of methoxy groups -OCH3 is 1. The fourth-order valence-electron chi connectivity index (χ4n) is 1.31. The van der Waals surface area contributed by atoms with Gasteiger partial charge in [-0.25, -0.2) is 4.79 Å². The van der Waals surface area contributed by atoms with Gasteiger partial charge in [0.1, 0.15) is 4.60 Å². The summed E-state index contributed by atoms with van der Waals surface area (Å²) in [5, 5.41) is 7.83. The molecule has 2 rings (SSSR count). The highest BCUT2D eigenvalue weighted by Gasteiger charge is 2.12. The lowest BCUT2D eigenvalue weighted by atomic mass is 10.2. The molecule has 4 nitrogen and oxygen atoms in total. The summed E-state index contributed by atoms with van der Waals surface area (Å²) in [7, 11) is 1.36. The van der Waals surface area contributed by atoms with Crippen molar-refractivity contribution >= 4 is 55.4 Å². The number of carbonyl (C=O) groups excluding carboxylic acids is 1. The summed E-state index contributed by atoms with van der Waals surface area (Å²) in [6, 6.07) is 3.50. The van der Waals surface area contributed by atoms with Crippen molar-refractivity contribution in [3.8, 4) is 0 Å². The zero-order chi connectivity index (χ0) is 11.0. The van der Waals surface area contributed by atoms with Crippen molar-refractivity contribution in [3.63, 3.8) is 0 Å². The monoisotopic (exact) mass is 380 g/mol. The molecule has 15 heavy (non-hydrogen) atoms. The summed E-state index contributed by atoms with van der Waals surface area (Å²) in [4.78, 5) is 11.3. The number of carbonyl (C=O) groups is 1. The number of H-pyrrole nitrogens is 1. The molecule has 0 spiro atoms. The first kappa shape index (κ1) is 10.9. The lowest BCUT2D eigenvalue weighted by molar-refractivity contribution is 0.0601. The van der Waals surface area contributed by atoms with Crippen LogP contribution in [0.2, 0.25) is 0 Å². The van der Waals surface area contributed by atoms with Crippen molar-refractivity contribution in [1.82, 2.24) is 10.2 Å². The Bertz CT molecular complexity index is 538. The molecular weight excluding hydrogens is 375 g/mol. The second kappa shape index (κ2) is 4.09. The minimum Gasteiger partial charge on any atom is -0.465 e. The lowest BCUT2D eigenvalue weighted by Crippen LogP contribution is -2.01. The predicted octanol–water partition coefficient (Wildman–Crippen LogP) is 2.72. The summed E-state index contributed by atoms with van der Waals surface area (Å²) in [6.45, 7) is 0. The number of aromatic amines is 1. The van der Waals surface area contributed by atoms with E-state index in [0.717, 1.165) is 19.1 Å². The van der Waals surface area contributed by atoms with Crippen molar-refractivity contribution in [3.05, 3.63) is 25.9 Å². The minimum atomic E-state index is -0.347. The van der Waals surface area contributed by atoms with Crippen LogP contribution in [0.4, 0.5) is 0 Å². The topological polar surface area (TPSA) is 55.0 Å². The van der Waals surface area contributed by atoms with E-state index in [9.17, 15) is 4.79 Å². The van der Waals surface area contributed by atoms with Crippen LogP contribution < -0.4 is 0 Å². The molecule has 0 saturated heterocycles. The standard InChI is InChI=1S/C9H6BrIN2O2/c1-15-9(14)4-2-5(11)7-6(3-4)12-13-8(7)10/h2-3H,1H3,(H,12,13). The van der Waals surface area contributed by atoms with Crippen molar-refractivity contribution < 1.29 is 9.53 Å². The second-order valence-corrected chi connectivity index (χ2v) is 4.80. The summed E-state index contributed by atoms with van der Waals surface area (Å²) < 4.78 is 6.36. The van der Waals surface area contributed by atoms with Crippen molar-refractivity contribution in [2.45, 2.75) is 0 Å². The Kier molecular flexibility index (Phi) is 2.96. The Hall–Kier alpha value is -0.630. The van der Waals surface area contributed by atoms with E-state index in [2.05, 4.69) is 53.5 Å². The summed E-state index contributed by atoms with van der Waals surface area (Å²) in [5.41, 5.74) is 1.33. The van der Waals surface area contributed by atoms with Gasteiger partial charge in [0.15, 0.2) is 0 Å². The van der Waals surface area contributed by atoms with Gasteiger partial charge in [0.05, 0.1) is 18.2 Å². The predicted molar refractivity (Wildman–Crippen MR) is 67.9 cm³/mol. The van der Waals surface area contributed by atoms with E-state index in [1.165, 1.54) is 7.11 Å². The van der Waals surface area contributed by atoms with Crippen LogP contribution in [0, 0.1) is 3.57 Å². The van der Waals surface area contributed by atoms with Crippen LogP contribution in [0.3, 0.4) is 0 Å². The number of halogens is 2. The molecule has 1 aromatic heterocycles. The van der Waals surface area contributed by atoms with Gasteiger partial charge in [0.2, 0.25) is 0 Å². The number of nitrogens with one attached hydrogen (secondary N) is 1. The molecule has 78 valence electrons. The summed E-state index contributed by atoms with van der Waals surface area (Å²) in [5.74, 6) is -0.347. The Morgan fingerprint density at radius 3 is 3.00 bits per heavy atom. The Labute approximate surface area is 108 Å². The average Bonchev–Trinajstić information content (AvgIpc) is 2.59. The van der Waals surface area contributed by atoms with Gasteiger partial charge >= 0.3 is 5.97 Å². The molecule has 0 aliphatic heterocycles. The fourth-order valence-corrected chi connectivity index (χ4v) is 3.07. The van der Waals surface area contributed by atoms with E-state index >= 15 is 0 Å². The number of esters is 1. The molecule has 0 fully saturated rings. The quantitative estimate of drug-likeness (QED) is 0.611. The first-order valence-electron chi connectivity index (χ1n) is 4.05.